The number of aliphatic carboxylic acids is 1. The lowest BCUT2D eigenvalue weighted by Gasteiger charge is -2.26. The zero-order valence-corrected chi connectivity index (χ0v) is 10.8. The molecule has 2 fully saturated rings. The number of carboxylic acids is 1. The van der Waals surface area contributed by atoms with Gasteiger partial charge < -0.3 is 5.11 Å². The van der Waals surface area contributed by atoms with Gasteiger partial charge in [0.15, 0.2) is 0 Å². The van der Waals surface area contributed by atoms with Gasteiger partial charge in [-0.3, -0.25) is 4.79 Å². The van der Waals surface area contributed by atoms with Crippen LogP contribution in [0.5, 0.6) is 0 Å². The van der Waals surface area contributed by atoms with Crippen LogP contribution < -0.4 is 0 Å². The van der Waals surface area contributed by atoms with Crippen molar-refractivity contribution in [3.05, 3.63) is 0 Å². The summed E-state index contributed by atoms with van der Waals surface area (Å²) < 4.78 is 13.5. The number of nitrogens with zero attached hydrogens (tertiary/aromatic N) is 1. The Morgan fingerprint density at radius 1 is 1.38 bits per heavy atom. The van der Waals surface area contributed by atoms with E-state index in [1.165, 1.54) is 6.42 Å². The molecular formula is C11H19NO3S. The van der Waals surface area contributed by atoms with Crippen molar-refractivity contribution in [2.24, 2.45) is 5.92 Å². The minimum absolute atomic E-state index is 0.0197. The van der Waals surface area contributed by atoms with Crippen LogP contribution >= 0.6 is 0 Å². The van der Waals surface area contributed by atoms with Crippen LogP contribution in [0, 0.1) is 5.92 Å². The van der Waals surface area contributed by atoms with Crippen LogP contribution in [0.4, 0.5) is 0 Å². The van der Waals surface area contributed by atoms with Crippen LogP contribution in [-0.4, -0.2) is 36.4 Å². The molecule has 1 aliphatic heterocycles. The van der Waals surface area contributed by atoms with Gasteiger partial charge in [-0.15, -0.1) is 0 Å². The van der Waals surface area contributed by atoms with Crippen molar-refractivity contribution in [3.8, 4) is 0 Å². The fraction of sp³-hybridized carbons (Fsp3) is 0.909. The van der Waals surface area contributed by atoms with Crippen LogP contribution in [0.3, 0.4) is 0 Å². The van der Waals surface area contributed by atoms with E-state index in [1.807, 2.05) is 20.8 Å². The molecule has 0 aromatic rings. The van der Waals surface area contributed by atoms with E-state index in [0.717, 1.165) is 12.8 Å². The van der Waals surface area contributed by atoms with Crippen LogP contribution in [0.1, 0.15) is 40.0 Å². The summed E-state index contributed by atoms with van der Waals surface area (Å²) in [5.41, 5.74) is 0. The molecule has 4 nitrogen and oxygen atoms in total. The molecule has 16 heavy (non-hydrogen) atoms. The zero-order valence-electron chi connectivity index (χ0n) is 9.97. The average molecular weight is 245 g/mol. The molecule has 4 atom stereocenters. The molecule has 92 valence electrons. The maximum atomic E-state index is 12.2. The van der Waals surface area contributed by atoms with E-state index in [0.29, 0.717) is 5.92 Å². The molecule has 1 N–H and O–H groups in total. The summed E-state index contributed by atoms with van der Waals surface area (Å²) in [6.07, 6.45) is 3.36. The summed E-state index contributed by atoms with van der Waals surface area (Å²) in [4.78, 5) is 11.1. The van der Waals surface area contributed by atoms with Gasteiger partial charge in [-0.05, 0) is 39.5 Å². The molecule has 0 amide bonds. The van der Waals surface area contributed by atoms with Gasteiger partial charge in [-0.1, -0.05) is 6.42 Å². The second-order valence-electron chi connectivity index (χ2n) is 5.69. The summed E-state index contributed by atoms with van der Waals surface area (Å²) in [6.45, 7) is 5.66. The first kappa shape index (κ1) is 12.0. The Morgan fingerprint density at radius 3 is 2.25 bits per heavy atom. The maximum absolute atomic E-state index is 12.2. The molecule has 0 aromatic heterocycles. The van der Waals surface area contributed by atoms with E-state index in [9.17, 15) is 9.00 Å². The minimum Gasteiger partial charge on any atom is -0.480 e. The van der Waals surface area contributed by atoms with Gasteiger partial charge in [0.05, 0.1) is 10.8 Å². The lowest BCUT2D eigenvalue weighted by Crippen LogP contribution is -2.31. The van der Waals surface area contributed by atoms with Crippen molar-refractivity contribution in [2.45, 2.75) is 56.9 Å². The Kier molecular flexibility index (Phi) is 2.87. The summed E-state index contributed by atoms with van der Waals surface area (Å²) in [6, 6.07) is -0.489. The predicted molar refractivity (Wildman–Crippen MR) is 62.3 cm³/mol. The average Bonchev–Trinajstić information content (AvgIpc) is 2.73. The Balaban J connectivity index is 2.09. The molecule has 1 unspecified atom stereocenters. The standard InChI is InChI=1S/C11H19NO3S/c1-11(2,3)16(15)12-8(7-5-4-6-7)9(12)10(13)14/h7-9H,4-6H2,1-3H3,(H,13,14)/t8-,9-,12?,16+/m1/s1. The van der Waals surface area contributed by atoms with Crippen LogP contribution in [-0.2, 0) is 15.8 Å². The molecule has 2 rings (SSSR count). The third kappa shape index (κ3) is 1.91. The van der Waals surface area contributed by atoms with Crippen molar-refractivity contribution in [1.29, 1.82) is 0 Å². The molecule has 0 radical (unpaired) electrons. The Morgan fingerprint density at radius 2 is 1.94 bits per heavy atom. The Hall–Kier alpha value is -0.420. The quantitative estimate of drug-likeness (QED) is 0.764. The molecule has 0 spiro atoms. The van der Waals surface area contributed by atoms with Gasteiger partial charge in [0.25, 0.3) is 0 Å². The SMILES string of the molecule is CC(C)(C)[S@](=O)N1[C@H](C2CCC2)[C@@H]1C(=O)O. The largest absolute Gasteiger partial charge is 0.480 e. The lowest BCUT2D eigenvalue weighted by molar-refractivity contribution is -0.137. The second-order valence-corrected chi connectivity index (χ2v) is 7.83. The van der Waals surface area contributed by atoms with Crippen molar-refractivity contribution in [2.75, 3.05) is 0 Å². The third-order valence-electron chi connectivity index (χ3n) is 3.40. The van der Waals surface area contributed by atoms with Crippen LogP contribution in [0.25, 0.3) is 0 Å². The lowest BCUT2D eigenvalue weighted by atomic mass is 9.82. The van der Waals surface area contributed by atoms with Crippen molar-refractivity contribution in [3.63, 3.8) is 0 Å². The van der Waals surface area contributed by atoms with Crippen molar-refractivity contribution in [1.82, 2.24) is 4.31 Å². The van der Waals surface area contributed by atoms with Crippen LogP contribution in [0.15, 0.2) is 0 Å². The number of hydrogen-bond donors (Lipinski definition) is 1. The highest BCUT2D eigenvalue weighted by Crippen LogP contribution is 2.46. The van der Waals surface area contributed by atoms with Gasteiger partial charge in [-0.25, -0.2) is 8.51 Å². The molecule has 5 heteroatoms. The summed E-state index contributed by atoms with van der Waals surface area (Å²) in [7, 11) is -1.19. The number of hydrogen-bond acceptors (Lipinski definition) is 2. The van der Waals surface area contributed by atoms with E-state index < -0.39 is 23.0 Å². The van der Waals surface area contributed by atoms with E-state index in [2.05, 4.69) is 0 Å². The topological polar surface area (TPSA) is 57.4 Å². The minimum atomic E-state index is -1.19. The van der Waals surface area contributed by atoms with Crippen LogP contribution in [0.2, 0.25) is 0 Å². The van der Waals surface area contributed by atoms with Gasteiger partial charge in [0, 0.05) is 0 Å². The third-order valence-corrected chi connectivity index (χ3v) is 5.30. The van der Waals surface area contributed by atoms with E-state index in [4.69, 9.17) is 5.11 Å². The van der Waals surface area contributed by atoms with Gasteiger partial charge >= 0.3 is 5.97 Å². The monoisotopic (exact) mass is 245 g/mol. The fourth-order valence-corrected chi connectivity index (χ4v) is 3.77. The summed E-state index contributed by atoms with van der Waals surface area (Å²) in [5, 5.41) is 9.10. The van der Waals surface area contributed by atoms with Gasteiger partial charge in [-0.2, -0.15) is 0 Å². The molecule has 1 saturated carbocycles. The molecule has 2 aliphatic rings. The fourth-order valence-electron chi connectivity index (χ4n) is 2.26. The normalized spacial score (nSPS) is 36.6. The molecule has 0 bridgehead atoms. The Labute approximate surface area is 98.6 Å². The van der Waals surface area contributed by atoms with E-state index in [1.54, 1.807) is 4.31 Å². The highest BCUT2D eigenvalue weighted by Gasteiger charge is 2.61. The number of rotatable bonds is 3. The smallest absolute Gasteiger partial charge is 0.323 e. The van der Waals surface area contributed by atoms with Gasteiger partial charge in [0.1, 0.15) is 17.0 Å². The van der Waals surface area contributed by atoms with E-state index in [-0.39, 0.29) is 10.8 Å². The first-order chi connectivity index (χ1) is 7.34. The Bertz CT molecular complexity index is 333. The number of carbonyl (C=O) groups is 1. The summed E-state index contributed by atoms with van der Waals surface area (Å²) in [5.74, 6) is -0.373. The number of carboxylic acid groups (broad SMARTS) is 1. The molecule has 1 aliphatic carbocycles. The molecule has 0 aromatic carbocycles. The second kappa shape index (κ2) is 3.81. The maximum Gasteiger partial charge on any atom is 0.323 e. The molecular weight excluding hydrogens is 226 g/mol. The molecule has 1 saturated heterocycles. The first-order valence-corrected chi connectivity index (χ1v) is 6.88. The highest BCUT2D eigenvalue weighted by atomic mass is 32.2. The predicted octanol–water partition coefficient (Wildman–Crippen LogP) is 1.39. The van der Waals surface area contributed by atoms with Gasteiger partial charge in [0.2, 0.25) is 0 Å². The zero-order chi connectivity index (χ0) is 12.1. The highest BCUT2D eigenvalue weighted by molar-refractivity contribution is 7.84. The van der Waals surface area contributed by atoms with Crippen molar-refractivity contribution >= 4 is 17.0 Å². The first-order valence-electron chi connectivity index (χ1n) is 5.77. The van der Waals surface area contributed by atoms with Crippen molar-refractivity contribution < 1.29 is 14.1 Å². The van der Waals surface area contributed by atoms with E-state index >= 15 is 0 Å². The molecule has 1 heterocycles. The summed E-state index contributed by atoms with van der Waals surface area (Å²) >= 11 is 0.